The van der Waals surface area contributed by atoms with E-state index in [9.17, 15) is 0 Å². The Morgan fingerprint density at radius 1 is 1.12 bits per heavy atom. The van der Waals surface area contributed by atoms with E-state index in [0.29, 0.717) is 11.8 Å². The van der Waals surface area contributed by atoms with Crippen molar-refractivity contribution >= 4 is 0 Å². The van der Waals surface area contributed by atoms with Crippen molar-refractivity contribution in [2.75, 3.05) is 0 Å². The first-order valence-electron chi connectivity index (χ1n) is 5.32. The van der Waals surface area contributed by atoms with Crippen molar-refractivity contribution in [3.05, 3.63) is 23.4 Å². The van der Waals surface area contributed by atoms with Crippen LogP contribution in [0.25, 0.3) is 0 Å². The molecule has 0 aromatic carbocycles. The summed E-state index contributed by atoms with van der Waals surface area (Å²) < 4.78 is 5.01. The number of rotatable bonds is 2. The number of nitrogens with zero attached hydrogens (tertiary/aromatic N) is 4. The molecule has 0 saturated carbocycles. The largest absolute Gasteiger partial charge is 0.426 e. The second kappa shape index (κ2) is 5.99. The number of aromatic amines is 1. The van der Waals surface area contributed by atoms with Crippen LogP contribution in [0.3, 0.4) is 0 Å². The monoisotopic (exact) mass is 223 g/mol. The topological polar surface area (TPSA) is 80.5 Å². The molecule has 0 radical (unpaired) electrons. The Morgan fingerprint density at radius 3 is 2.12 bits per heavy atom. The van der Waals surface area contributed by atoms with E-state index in [0.717, 1.165) is 24.5 Å². The summed E-state index contributed by atoms with van der Waals surface area (Å²) in [6, 6.07) is 0. The van der Waals surface area contributed by atoms with E-state index in [1.807, 2.05) is 20.8 Å². The summed E-state index contributed by atoms with van der Waals surface area (Å²) in [5, 5.41) is 14.0. The van der Waals surface area contributed by atoms with Crippen molar-refractivity contribution in [1.29, 1.82) is 0 Å². The molecule has 0 fully saturated rings. The lowest BCUT2D eigenvalue weighted by molar-refractivity contribution is 0.473. The molecule has 0 bridgehead atoms. The van der Waals surface area contributed by atoms with Crippen molar-refractivity contribution in [1.82, 2.24) is 25.4 Å². The summed E-state index contributed by atoms with van der Waals surface area (Å²) in [7, 11) is 0. The fourth-order valence-corrected chi connectivity index (χ4v) is 1.03. The molecule has 2 heterocycles. The van der Waals surface area contributed by atoms with Gasteiger partial charge in [-0.1, -0.05) is 13.8 Å². The molecule has 2 rings (SSSR count). The minimum Gasteiger partial charge on any atom is -0.426 e. The van der Waals surface area contributed by atoms with Crippen LogP contribution < -0.4 is 0 Å². The van der Waals surface area contributed by atoms with Gasteiger partial charge in [0.25, 0.3) is 0 Å². The third-order valence-corrected chi connectivity index (χ3v) is 1.83. The lowest BCUT2D eigenvalue weighted by Gasteiger charge is -1.77. The molecule has 6 nitrogen and oxygen atoms in total. The van der Waals surface area contributed by atoms with E-state index in [1.54, 1.807) is 6.92 Å². The van der Waals surface area contributed by atoms with Crippen molar-refractivity contribution in [2.45, 2.75) is 40.5 Å². The van der Waals surface area contributed by atoms with Gasteiger partial charge in [0.2, 0.25) is 11.8 Å². The van der Waals surface area contributed by atoms with Crippen LogP contribution in [0.15, 0.2) is 4.42 Å². The number of hydrogen-bond donors (Lipinski definition) is 1. The summed E-state index contributed by atoms with van der Waals surface area (Å²) in [6.45, 7) is 7.69. The average Bonchev–Trinajstić information content (AvgIpc) is 2.88. The first-order valence-corrected chi connectivity index (χ1v) is 5.32. The van der Waals surface area contributed by atoms with Crippen LogP contribution in [0.2, 0.25) is 0 Å². The molecule has 0 aliphatic heterocycles. The summed E-state index contributed by atoms with van der Waals surface area (Å²) in [6.07, 6.45) is 1.73. The second-order valence-electron chi connectivity index (χ2n) is 3.26. The van der Waals surface area contributed by atoms with E-state index in [1.165, 1.54) is 0 Å². The van der Waals surface area contributed by atoms with Crippen LogP contribution >= 0.6 is 0 Å². The normalized spacial score (nSPS) is 9.75. The number of aryl methyl sites for hydroxylation is 4. The van der Waals surface area contributed by atoms with Crippen molar-refractivity contribution in [2.24, 2.45) is 0 Å². The van der Waals surface area contributed by atoms with Crippen LogP contribution in [0, 0.1) is 13.8 Å². The SMILES string of the molecule is CCc1n[nH]c(C)n1.CCc1nnc(C)o1. The van der Waals surface area contributed by atoms with Crippen LogP contribution in [-0.4, -0.2) is 25.4 Å². The molecule has 0 spiro atoms. The van der Waals surface area contributed by atoms with Crippen LogP contribution in [-0.2, 0) is 12.8 Å². The second-order valence-corrected chi connectivity index (χ2v) is 3.26. The highest BCUT2D eigenvalue weighted by atomic mass is 16.4. The quantitative estimate of drug-likeness (QED) is 0.836. The molecule has 16 heavy (non-hydrogen) atoms. The summed E-state index contributed by atoms with van der Waals surface area (Å²) in [4.78, 5) is 4.06. The fraction of sp³-hybridized carbons (Fsp3) is 0.600. The molecule has 1 N–H and O–H groups in total. The van der Waals surface area contributed by atoms with E-state index >= 15 is 0 Å². The molecule has 0 atom stereocenters. The molecular formula is C10H17N5O. The van der Waals surface area contributed by atoms with E-state index in [4.69, 9.17) is 4.42 Å². The lowest BCUT2D eigenvalue weighted by atomic mass is 10.5. The van der Waals surface area contributed by atoms with E-state index in [-0.39, 0.29) is 0 Å². The van der Waals surface area contributed by atoms with Gasteiger partial charge in [0, 0.05) is 19.8 Å². The maximum Gasteiger partial charge on any atom is 0.216 e. The summed E-state index contributed by atoms with van der Waals surface area (Å²) >= 11 is 0. The summed E-state index contributed by atoms with van der Waals surface area (Å²) in [5.74, 6) is 3.13. The predicted molar refractivity (Wildman–Crippen MR) is 58.9 cm³/mol. The molecule has 0 aliphatic rings. The Kier molecular flexibility index (Phi) is 4.63. The van der Waals surface area contributed by atoms with Crippen LogP contribution in [0.1, 0.15) is 37.3 Å². The van der Waals surface area contributed by atoms with Gasteiger partial charge < -0.3 is 4.42 Å². The highest BCUT2D eigenvalue weighted by Crippen LogP contribution is 1.96. The molecule has 0 amide bonds. The smallest absolute Gasteiger partial charge is 0.216 e. The van der Waals surface area contributed by atoms with Crippen molar-refractivity contribution < 1.29 is 4.42 Å². The van der Waals surface area contributed by atoms with E-state index in [2.05, 4.69) is 25.4 Å². The number of H-pyrrole nitrogens is 1. The number of nitrogens with one attached hydrogen (secondary N) is 1. The molecule has 88 valence electrons. The van der Waals surface area contributed by atoms with E-state index < -0.39 is 0 Å². The first kappa shape index (κ1) is 12.4. The Bertz CT molecular complexity index is 380. The van der Waals surface area contributed by atoms with Crippen LogP contribution in [0.5, 0.6) is 0 Å². The van der Waals surface area contributed by atoms with Gasteiger partial charge in [-0.15, -0.1) is 10.2 Å². The van der Waals surface area contributed by atoms with Gasteiger partial charge >= 0.3 is 0 Å². The Morgan fingerprint density at radius 2 is 1.88 bits per heavy atom. The van der Waals surface area contributed by atoms with Gasteiger partial charge in [0.1, 0.15) is 11.6 Å². The predicted octanol–water partition coefficient (Wildman–Crippen LogP) is 1.62. The van der Waals surface area contributed by atoms with Gasteiger partial charge in [-0.25, -0.2) is 4.98 Å². The highest BCUT2D eigenvalue weighted by molar-refractivity contribution is 4.85. The standard InChI is InChI=1S/C5H9N3.C5H8N2O/c1-3-5-6-4(2)7-8-5;1-3-5-7-6-4(2)8-5/h3H2,1-2H3,(H,6,7,8);3H2,1-2H3. The van der Waals surface area contributed by atoms with Gasteiger partial charge in [-0.2, -0.15) is 5.10 Å². The molecular weight excluding hydrogens is 206 g/mol. The van der Waals surface area contributed by atoms with Crippen molar-refractivity contribution in [3.8, 4) is 0 Å². The Labute approximate surface area is 94.5 Å². The zero-order valence-electron chi connectivity index (χ0n) is 10.1. The first-order chi connectivity index (χ1) is 7.65. The maximum absolute atomic E-state index is 5.01. The zero-order chi connectivity index (χ0) is 12.0. The van der Waals surface area contributed by atoms with Crippen molar-refractivity contribution in [3.63, 3.8) is 0 Å². The van der Waals surface area contributed by atoms with Gasteiger partial charge in [-0.05, 0) is 6.92 Å². The van der Waals surface area contributed by atoms with Crippen LogP contribution in [0.4, 0.5) is 0 Å². The minimum atomic E-state index is 0.641. The Balaban J connectivity index is 0.000000160. The molecule has 0 aliphatic carbocycles. The Hall–Kier alpha value is -1.72. The molecule has 6 heteroatoms. The minimum absolute atomic E-state index is 0.641. The van der Waals surface area contributed by atoms with Gasteiger partial charge in [-0.3, -0.25) is 5.10 Å². The highest BCUT2D eigenvalue weighted by Gasteiger charge is 1.95. The fourth-order valence-electron chi connectivity index (χ4n) is 1.03. The third kappa shape index (κ3) is 3.80. The number of hydrogen-bond acceptors (Lipinski definition) is 5. The summed E-state index contributed by atoms with van der Waals surface area (Å²) in [5.41, 5.74) is 0. The lowest BCUT2D eigenvalue weighted by Crippen LogP contribution is -1.80. The maximum atomic E-state index is 5.01. The van der Waals surface area contributed by atoms with Gasteiger partial charge in [0.05, 0.1) is 0 Å². The number of aromatic nitrogens is 5. The molecule has 0 saturated heterocycles. The molecule has 2 aromatic heterocycles. The van der Waals surface area contributed by atoms with Gasteiger partial charge in [0.15, 0.2) is 0 Å². The average molecular weight is 223 g/mol. The molecule has 0 unspecified atom stereocenters. The molecule has 2 aromatic rings. The third-order valence-electron chi connectivity index (χ3n) is 1.83. The zero-order valence-corrected chi connectivity index (χ0v) is 10.1.